The van der Waals surface area contributed by atoms with E-state index < -0.39 is 28.4 Å². The van der Waals surface area contributed by atoms with Gasteiger partial charge in [0, 0.05) is 9.28 Å². The fraction of sp³-hybridized carbons (Fsp3) is 0.400. The van der Waals surface area contributed by atoms with E-state index in [2.05, 4.69) is 43.2 Å². The van der Waals surface area contributed by atoms with Gasteiger partial charge in [-0.1, -0.05) is 13.8 Å². The molecule has 2 amide bonds. The molecule has 138 valence electrons. The second kappa shape index (κ2) is 10.5. The van der Waals surface area contributed by atoms with E-state index in [0.717, 1.165) is 22.1 Å². The van der Waals surface area contributed by atoms with Gasteiger partial charge in [-0.15, -0.1) is 0 Å². The molecule has 0 unspecified atom stereocenters. The minimum absolute atomic E-state index is 0.0689. The molecule has 0 bridgehead atoms. The Kier molecular flexibility index (Phi) is 9.00. The SMILES string of the molecule is CCC(CC)=NNC(=O)CNC(=O)CNS(=O)(=O)c1ccc(I)cc1. The van der Waals surface area contributed by atoms with Gasteiger partial charge in [-0.2, -0.15) is 5.10 Å². The van der Waals surface area contributed by atoms with Crippen LogP contribution in [0.3, 0.4) is 0 Å². The third-order valence-corrected chi connectivity index (χ3v) is 5.28. The van der Waals surface area contributed by atoms with Gasteiger partial charge in [-0.25, -0.2) is 18.6 Å². The van der Waals surface area contributed by atoms with Gasteiger partial charge in [-0.3, -0.25) is 9.59 Å². The summed E-state index contributed by atoms with van der Waals surface area (Å²) < 4.78 is 27.2. The van der Waals surface area contributed by atoms with Crippen LogP contribution in [0.15, 0.2) is 34.3 Å². The van der Waals surface area contributed by atoms with Crippen LogP contribution in [0, 0.1) is 3.57 Å². The number of nitrogens with one attached hydrogen (secondary N) is 3. The van der Waals surface area contributed by atoms with E-state index in [4.69, 9.17) is 0 Å². The van der Waals surface area contributed by atoms with Gasteiger partial charge >= 0.3 is 0 Å². The second-order valence-corrected chi connectivity index (χ2v) is 7.99. The molecule has 0 heterocycles. The van der Waals surface area contributed by atoms with Crippen molar-refractivity contribution in [2.24, 2.45) is 5.10 Å². The monoisotopic (exact) mass is 480 g/mol. The third kappa shape index (κ3) is 7.92. The van der Waals surface area contributed by atoms with E-state index in [-0.39, 0.29) is 11.4 Å². The largest absolute Gasteiger partial charge is 0.346 e. The summed E-state index contributed by atoms with van der Waals surface area (Å²) in [5, 5.41) is 6.25. The molecule has 0 fully saturated rings. The van der Waals surface area contributed by atoms with Gasteiger partial charge < -0.3 is 5.32 Å². The summed E-state index contributed by atoms with van der Waals surface area (Å²) in [6, 6.07) is 6.21. The quantitative estimate of drug-likeness (QED) is 0.278. The number of halogens is 1. The van der Waals surface area contributed by atoms with Gasteiger partial charge in [0.1, 0.15) is 0 Å². The van der Waals surface area contributed by atoms with Crippen molar-refractivity contribution in [3.05, 3.63) is 27.8 Å². The van der Waals surface area contributed by atoms with E-state index in [1.807, 2.05) is 13.8 Å². The molecule has 0 aliphatic rings. The minimum Gasteiger partial charge on any atom is -0.346 e. The minimum atomic E-state index is -3.78. The molecule has 0 aliphatic heterocycles. The Labute approximate surface area is 161 Å². The molecule has 0 saturated carbocycles. The zero-order valence-electron chi connectivity index (χ0n) is 14.0. The Morgan fingerprint density at radius 2 is 1.64 bits per heavy atom. The Morgan fingerprint density at radius 3 is 2.20 bits per heavy atom. The zero-order valence-corrected chi connectivity index (χ0v) is 17.0. The van der Waals surface area contributed by atoms with E-state index in [9.17, 15) is 18.0 Å². The predicted molar refractivity (Wildman–Crippen MR) is 104 cm³/mol. The average molecular weight is 480 g/mol. The zero-order chi connectivity index (χ0) is 18.9. The fourth-order valence-electron chi connectivity index (χ4n) is 1.69. The van der Waals surface area contributed by atoms with Crippen molar-refractivity contribution in [1.29, 1.82) is 0 Å². The number of carbonyl (C=O) groups excluding carboxylic acids is 2. The summed E-state index contributed by atoms with van der Waals surface area (Å²) in [5.74, 6) is -1.09. The number of rotatable bonds is 9. The number of hydrogen-bond donors (Lipinski definition) is 3. The molecule has 25 heavy (non-hydrogen) atoms. The Bertz CT molecular complexity index is 726. The molecule has 1 rings (SSSR count). The summed E-state index contributed by atoms with van der Waals surface area (Å²) in [5.41, 5.74) is 3.18. The molecule has 1 aromatic carbocycles. The van der Waals surface area contributed by atoms with Crippen molar-refractivity contribution >= 4 is 50.1 Å². The number of hydrogen-bond acceptors (Lipinski definition) is 5. The second-order valence-electron chi connectivity index (χ2n) is 4.98. The summed E-state index contributed by atoms with van der Waals surface area (Å²) in [6.45, 7) is 3.11. The lowest BCUT2D eigenvalue weighted by molar-refractivity contribution is -0.125. The molecule has 0 aromatic heterocycles. The fourth-order valence-corrected chi connectivity index (χ4v) is 3.03. The van der Waals surface area contributed by atoms with Crippen molar-refractivity contribution in [3.8, 4) is 0 Å². The summed E-state index contributed by atoms with van der Waals surface area (Å²) in [7, 11) is -3.78. The number of hydrazone groups is 1. The van der Waals surface area contributed by atoms with Crippen LogP contribution in [0.2, 0.25) is 0 Å². The van der Waals surface area contributed by atoms with Crippen LogP contribution in [0.4, 0.5) is 0 Å². The lowest BCUT2D eigenvalue weighted by atomic mass is 10.2. The molecular formula is C15H21IN4O4S. The topological polar surface area (TPSA) is 117 Å². The molecule has 1 aromatic rings. The smallest absolute Gasteiger partial charge is 0.259 e. The molecule has 0 saturated heterocycles. The Morgan fingerprint density at radius 1 is 1.04 bits per heavy atom. The van der Waals surface area contributed by atoms with Crippen molar-refractivity contribution in [1.82, 2.24) is 15.5 Å². The standard InChI is InChI=1S/C15H21IN4O4S/c1-3-12(4-2)19-20-15(22)9-17-14(21)10-18-25(23,24)13-7-5-11(16)6-8-13/h5-8,18H,3-4,9-10H2,1-2H3,(H,17,21)(H,20,22). The van der Waals surface area contributed by atoms with Crippen LogP contribution in [0.1, 0.15) is 26.7 Å². The average Bonchev–Trinajstić information content (AvgIpc) is 2.59. The van der Waals surface area contributed by atoms with Crippen LogP contribution in [0.25, 0.3) is 0 Å². The normalized spacial score (nSPS) is 10.8. The first-order chi connectivity index (χ1) is 11.8. The highest BCUT2D eigenvalue weighted by atomic mass is 127. The third-order valence-electron chi connectivity index (χ3n) is 3.15. The van der Waals surface area contributed by atoms with E-state index >= 15 is 0 Å². The number of sulfonamides is 1. The number of benzene rings is 1. The predicted octanol–water partition coefficient (Wildman–Crippen LogP) is 0.978. The highest BCUT2D eigenvalue weighted by Gasteiger charge is 2.15. The van der Waals surface area contributed by atoms with Crippen LogP contribution in [0.5, 0.6) is 0 Å². The van der Waals surface area contributed by atoms with Crippen molar-refractivity contribution in [3.63, 3.8) is 0 Å². The Balaban J connectivity index is 2.43. The molecule has 0 aliphatic carbocycles. The number of nitrogens with zero attached hydrogens (tertiary/aromatic N) is 1. The van der Waals surface area contributed by atoms with Gasteiger partial charge in [-0.05, 0) is 59.7 Å². The van der Waals surface area contributed by atoms with Gasteiger partial charge in [0.2, 0.25) is 15.9 Å². The van der Waals surface area contributed by atoms with Crippen molar-refractivity contribution in [2.45, 2.75) is 31.6 Å². The maximum Gasteiger partial charge on any atom is 0.259 e. The lowest BCUT2D eigenvalue weighted by Crippen LogP contribution is -2.41. The molecular weight excluding hydrogens is 459 g/mol. The summed E-state index contributed by atoms with van der Waals surface area (Å²) in [4.78, 5) is 23.3. The first-order valence-electron chi connectivity index (χ1n) is 7.64. The summed E-state index contributed by atoms with van der Waals surface area (Å²) >= 11 is 2.06. The number of amides is 2. The molecule has 0 radical (unpaired) electrons. The summed E-state index contributed by atoms with van der Waals surface area (Å²) in [6.07, 6.45) is 1.45. The van der Waals surface area contributed by atoms with Crippen LogP contribution < -0.4 is 15.5 Å². The van der Waals surface area contributed by atoms with Crippen LogP contribution in [-0.4, -0.2) is 39.0 Å². The maximum atomic E-state index is 12.0. The van der Waals surface area contributed by atoms with Gasteiger partial charge in [0.05, 0.1) is 18.0 Å². The van der Waals surface area contributed by atoms with E-state index in [0.29, 0.717) is 0 Å². The Hall–Kier alpha value is -1.53. The van der Waals surface area contributed by atoms with E-state index in [1.54, 1.807) is 12.1 Å². The first kappa shape index (κ1) is 21.5. The molecule has 0 atom stereocenters. The highest BCUT2D eigenvalue weighted by Crippen LogP contribution is 2.11. The van der Waals surface area contributed by atoms with Crippen molar-refractivity contribution in [2.75, 3.05) is 13.1 Å². The number of carbonyl (C=O) groups is 2. The molecule has 10 heteroatoms. The molecule has 0 spiro atoms. The van der Waals surface area contributed by atoms with Gasteiger partial charge in [0.15, 0.2) is 0 Å². The van der Waals surface area contributed by atoms with Crippen LogP contribution >= 0.6 is 22.6 Å². The van der Waals surface area contributed by atoms with Crippen molar-refractivity contribution < 1.29 is 18.0 Å². The molecule has 3 N–H and O–H groups in total. The van der Waals surface area contributed by atoms with Gasteiger partial charge in [0.25, 0.3) is 5.91 Å². The highest BCUT2D eigenvalue weighted by molar-refractivity contribution is 14.1. The van der Waals surface area contributed by atoms with E-state index in [1.165, 1.54) is 12.1 Å². The maximum absolute atomic E-state index is 12.0. The van der Waals surface area contributed by atoms with Crippen LogP contribution in [-0.2, 0) is 19.6 Å². The lowest BCUT2D eigenvalue weighted by Gasteiger charge is -2.08. The first-order valence-corrected chi connectivity index (χ1v) is 10.2. The molecule has 8 nitrogen and oxygen atoms in total.